The van der Waals surface area contributed by atoms with Crippen molar-refractivity contribution in [2.75, 3.05) is 20.3 Å². The number of aryl methyl sites for hydroxylation is 1. The van der Waals surface area contributed by atoms with Crippen LogP contribution < -0.4 is 5.32 Å². The maximum atomic E-state index is 12.7. The number of H-pyrrole nitrogens is 1. The third-order valence-electron chi connectivity index (χ3n) is 4.25. The number of carbonyl (C=O) groups excluding carboxylic acids is 2. The number of aromatic amines is 1. The number of esters is 1. The van der Waals surface area contributed by atoms with Crippen LogP contribution in [0.15, 0.2) is 24.3 Å². The largest absolute Gasteiger partial charge is 0.460 e. The van der Waals surface area contributed by atoms with Gasteiger partial charge in [0.25, 0.3) is 5.91 Å². The highest BCUT2D eigenvalue weighted by molar-refractivity contribution is 6.31. The number of methoxy groups -OCH3 is 1. The van der Waals surface area contributed by atoms with Crippen molar-refractivity contribution in [3.05, 3.63) is 57.4 Å². The van der Waals surface area contributed by atoms with Gasteiger partial charge >= 0.3 is 5.97 Å². The van der Waals surface area contributed by atoms with Crippen LogP contribution in [0.4, 0.5) is 0 Å². The standard InChI is InChI=1S/C20H25ClN2O4/c1-12(11-15-7-5-6-8-16(15)21)22-19(24)18-13(2)17(14(3)23-18)20(25)27-10-9-26-4/h5-8,12,23H,9-11H2,1-4H3,(H,22,24). The summed E-state index contributed by atoms with van der Waals surface area (Å²) in [7, 11) is 1.53. The van der Waals surface area contributed by atoms with E-state index < -0.39 is 5.97 Å². The summed E-state index contributed by atoms with van der Waals surface area (Å²) in [6.07, 6.45) is 0.607. The molecule has 27 heavy (non-hydrogen) atoms. The fourth-order valence-corrected chi connectivity index (χ4v) is 3.13. The molecule has 1 heterocycles. The first-order valence-corrected chi connectivity index (χ1v) is 9.12. The minimum Gasteiger partial charge on any atom is -0.460 e. The zero-order valence-electron chi connectivity index (χ0n) is 16.0. The first-order chi connectivity index (χ1) is 12.8. The second-order valence-electron chi connectivity index (χ2n) is 6.42. The SMILES string of the molecule is COCCOC(=O)c1c(C)[nH]c(C(=O)NC(C)Cc2ccccc2Cl)c1C. The van der Waals surface area contributed by atoms with Gasteiger partial charge in [0.2, 0.25) is 0 Å². The van der Waals surface area contributed by atoms with Gasteiger partial charge in [0.05, 0.1) is 12.2 Å². The van der Waals surface area contributed by atoms with Gasteiger partial charge in [-0.25, -0.2) is 4.79 Å². The molecule has 7 heteroatoms. The molecule has 2 rings (SSSR count). The van der Waals surface area contributed by atoms with Crippen LogP contribution in [0.5, 0.6) is 0 Å². The summed E-state index contributed by atoms with van der Waals surface area (Å²) in [6.45, 7) is 5.86. The maximum Gasteiger partial charge on any atom is 0.340 e. The third-order valence-corrected chi connectivity index (χ3v) is 4.62. The predicted molar refractivity (Wildman–Crippen MR) is 105 cm³/mol. The van der Waals surface area contributed by atoms with Crippen molar-refractivity contribution in [2.45, 2.75) is 33.2 Å². The number of nitrogens with one attached hydrogen (secondary N) is 2. The predicted octanol–water partition coefficient (Wildman–Crippen LogP) is 3.45. The monoisotopic (exact) mass is 392 g/mol. The van der Waals surface area contributed by atoms with Crippen molar-refractivity contribution in [2.24, 2.45) is 0 Å². The van der Waals surface area contributed by atoms with Gasteiger partial charge < -0.3 is 19.8 Å². The van der Waals surface area contributed by atoms with Crippen molar-refractivity contribution >= 4 is 23.5 Å². The molecule has 0 saturated carbocycles. The summed E-state index contributed by atoms with van der Waals surface area (Å²) in [4.78, 5) is 27.9. The fraction of sp³-hybridized carbons (Fsp3) is 0.400. The summed E-state index contributed by atoms with van der Waals surface area (Å²) < 4.78 is 10.0. The highest BCUT2D eigenvalue weighted by atomic mass is 35.5. The molecule has 2 aromatic rings. The molecule has 2 N–H and O–H groups in total. The number of aromatic nitrogens is 1. The molecule has 0 radical (unpaired) electrons. The summed E-state index contributed by atoms with van der Waals surface area (Å²) in [5, 5.41) is 3.62. The zero-order valence-corrected chi connectivity index (χ0v) is 16.8. The van der Waals surface area contributed by atoms with E-state index in [4.69, 9.17) is 21.1 Å². The Morgan fingerprint density at radius 3 is 2.59 bits per heavy atom. The number of hydrogen-bond donors (Lipinski definition) is 2. The van der Waals surface area contributed by atoms with E-state index in [9.17, 15) is 9.59 Å². The van der Waals surface area contributed by atoms with Crippen molar-refractivity contribution < 1.29 is 19.1 Å². The topological polar surface area (TPSA) is 80.4 Å². The highest BCUT2D eigenvalue weighted by Gasteiger charge is 2.23. The first-order valence-electron chi connectivity index (χ1n) is 8.74. The summed E-state index contributed by atoms with van der Waals surface area (Å²) >= 11 is 6.18. The van der Waals surface area contributed by atoms with Gasteiger partial charge in [-0.3, -0.25) is 4.79 Å². The van der Waals surface area contributed by atoms with Crippen LogP contribution in [0.3, 0.4) is 0 Å². The van der Waals surface area contributed by atoms with Crippen molar-refractivity contribution in [1.82, 2.24) is 10.3 Å². The molecule has 0 fully saturated rings. The molecular formula is C20H25ClN2O4. The Hall–Kier alpha value is -2.31. The quantitative estimate of drug-likeness (QED) is 0.532. The number of rotatable bonds is 8. The Kier molecular flexibility index (Phi) is 7.45. The molecule has 1 aromatic heterocycles. The van der Waals surface area contributed by atoms with Gasteiger partial charge in [0.1, 0.15) is 12.3 Å². The van der Waals surface area contributed by atoms with Gasteiger partial charge in [-0.2, -0.15) is 0 Å². The van der Waals surface area contributed by atoms with E-state index >= 15 is 0 Å². The minimum atomic E-state index is -0.471. The Morgan fingerprint density at radius 2 is 1.93 bits per heavy atom. The zero-order chi connectivity index (χ0) is 20.0. The van der Waals surface area contributed by atoms with E-state index in [1.807, 2.05) is 31.2 Å². The number of carbonyl (C=O) groups is 2. The molecule has 146 valence electrons. The normalized spacial score (nSPS) is 11.9. The van der Waals surface area contributed by atoms with E-state index in [1.54, 1.807) is 13.8 Å². The van der Waals surface area contributed by atoms with E-state index in [-0.39, 0.29) is 18.6 Å². The average Bonchev–Trinajstić information content (AvgIpc) is 2.91. The Bertz CT molecular complexity index is 816. The fourth-order valence-electron chi connectivity index (χ4n) is 2.91. The molecule has 0 aliphatic rings. The molecule has 1 unspecified atom stereocenters. The summed E-state index contributed by atoms with van der Waals surface area (Å²) in [5.74, 6) is -0.743. The number of benzene rings is 1. The van der Waals surface area contributed by atoms with Crippen LogP contribution in [0, 0.1) is 13.8 Å². The maximum absolute atomic E-state index is 12.7. The molecule has 0 aliphatic carbocycles. The van der Waals surface area contributed by atoms with Gasteiger partial charge in [-0.05, 0) is 44.4 Å². The lowest BCUT2D eigenvalue weighted by molar-refractivity contribution is 0.0387. The number of halogens is 1. The molecule has 0 saturated heterocycles. The third kappa shape index (κ3) is 5.34. The van der Waals surface area contributed by atoms with Crippen LogP contribution in [-0.2, 0) is 15.9 Å². The average molecular weight is 393 g/mol. The second kappa shape index (κ2) is 9.58. The second-order valence-corrected chi connectivity index (χ2v) is 6.83. The van der Waals surface area contributed by atoms with Gasteiger partial charge in [-0.1, -0.05) is 29.8 Å². The van der Waals surface area contributed by atoms with Gasteiger partial charge in [0.15, 0.2) is 0 Å². The number of ether oxygens (including phenoxy) is 2. The molecule has 1 atom stereocenters. The molecule has 0 bridgehead atoms. The number of amides is 1. The van der Waals surface area contributed by atoms with Crippen molar-refractivity contribution in [1.29, 1.82) is 0 Å². The van der Waals surface area contributed by atoms with E-state index in [0.29, 0.717) is 40.6 Å². The Labute approximate surface area is 164 Å². The highest BCUT2D eigenvalue weighted by Crippen LogP contribution is 2.20. The molecule has 6 nitrogen and oxygen atoms in total. The van der Waals surface area contributed by atoms with E-state index in [2.05, 4.69) is 10.3 Å². The van der Waals surface area contributed by atoms with Crippen LogP contribution >= 0.6 is 11.6 Å². The Morgan fingerprint density at radius 1 is 1.22 bits per heavy atom. The van der Waals surface area contributed by atoms with Crippen LogP contribution in [0.2, 0.25) is 5.02 Å². The molecule has 0 spiro atoms. The Balaban J connectivity index is 2.07. The molecule has 1 amide bonds. The molecule has 0 aliphatic heterocycles. The smallest absolute Gasteiger partial charge is 0.340 e. The van der Waals surface area contributed by atoms with Gasteiger partial charge in [-0.15, -0.1) is 0 Å². The van der Waals surface area contributed by atoms with Crippen LogP contribution in [-0.4, -0.2) is 43.2 Å². The van der Waals surface area contributed by atoms with Crippen LogP contribution in [0.1, 0.15) is 44.6 Å². The van der Waals surface area contributed by atoms with Gasteiger partial charge in [0, 0.05) is 23.9 Å². The van der Waals surface area contributed by atoms with E-state index in [1.165, 1.54) is 7.11 Å². The molecule has 1 aromatic carbocycles. The molecular weight excluding hydrogens is 368 g/mol. The minimum absolute atomic E-state index is 0.127. The van der Waals surface area contributed by atoms with Crippen molar-refractivity contribution in [3.8, 4) is 0 Å². The lowest BCUT2D eigenvalue weighted by atomic mass is 10.1. The lowest BCUT2D eigenvalue weighted by Crippen LogP contribution is -2.34. The number of hydrogen-bond acceptors (Lipinski definition) is 4. The summed E-state index contributed by atoms with van der Waals surface area (Å²) in [6, 6.07) is 7.41. The van der Waals surface area contributed by atoms with Crippen molar-refractivity contribution in [3.63, 3.8) is 0 Å². The lowest BCUT2D eigenvalue weighted by Gasteiger charge is -2.14. The van der Waals surface area contributed by atoms with Crippen LogP contribution in [0.25, 0.3) is 0 Å². The van der Waals surface area contributed by atoms with E-state index in [0.717, 1.165) is 5.56 Å². The first kappa shape index (κ1) is 21.0. The summed E-state index contributed by atoms with van der Waals surface area (Å²) in [5.41, 5.74) is 2.87.